The summed E-state index contributed by atoms with van der Waals surface area (Å²) < 4.78 is 0. The predicted molar refractivity (Wildman–Crippen MR) is 77.8 cm³/mol. The van der Waals surface area contributed by atoms with Gasteiger partial charge in [0.2, 0.25) is 5.91 Å². The summed E-state index contributed by atoms with van der Waals surface area (Å²) in [6, 6.07) is -0.561. The third-order valence-corrected chi connectivity index (χ3v) is 3.71. The van der Waals surface area contributed by atoms with Gasteiger partial charge in [0, 0.05) is 19.5 Å². The van der Waals surface area contributed by atoms with Crippen LogP contribution in [0.15, 0.2) is 0 Å². The Bertz CT molecular complexity index is 409. The van der Waals surface area contributed by atoms with Gasteiger partial charge in [0.1, 0.15) is 0 Å². The average Bonchev–Trinajstić information content (AvgIpc) is 2.35. The number of imide groups is 1. The number of hydrogen-bond donors (Lipinski definition) is 3. The highest BCUT2D eigenvalue weighted by Crippen LogP contribution is 2.20. The van der Waals surface area contributed by atoms with Crippen LogP contribution in [-0.2, 0) is 9.59 Å². The zero-order valence-corrected chi connectivity index (χ0v) is 12.9. The third kappa shape index (κ3) is 6.12. The number of amides is 3. The van der Waals surface area contributed by atoms with Gasteiger partial charge in [-0.25, -0.2) is 4.79 Å². The number of likely N-dealkylation sites (tertiary alicyclic amines) is 1. The zero-order valence-electron chi connectivity index (χ0n) is 12.9. The van der Waals surface area contributed by atoms with E-state index in [1.54, 1.807) is 0 Å². The molecule has 1 aliphatic rings. The van der Waals surface area contributed by atoms with Gasteiger partial charge in [-0.2, -0.15) is 0 Å². The first-order valence-corrected chi connectivity index (χ1v) is 7.20. The Morgan fingerprint density at radius 3 is 2.57 bits per heavy atom. The van der Waals surface area contributed by atoms with Crippen LogP contribution in [-0.4, -0.2) is 54.6 Å². The van der Waals surface area contributed by atoms with Gasteiger partial charge in [-0.1, -0.05) is 0 Å². The Kier molecular flexibility index (Phi) is 6.14. The van der Waals surface area contributed by atoms with Crippen molar-refractivity contribution in [3.8, 4) is 0 Å². The van der Waals surface area contributed by atoms with Crippen LogP contribution >= 0.6 is 0 Å². The number of carboxylic acid groups (broad SMARTS) is 1. The van der Waals surface area contributed by atoms with E-state index in [-0.39, 0.29) is 6.42 Å². The number of carbonyl (C=O) groups excluding carboxylic acids is 2. The lowest BCUT2D eigenvalue weighted by Gasteiger charge is -2.29. The van der Waals surface area contributed by atoms with Gasteiger partial charge in [-0.3, -0.25) is 14.9 Å². The summed E-state index contributed by atoms with van der Waals surface area (Å²) in [4.78, 5) is 36.4. The molecule has 0 aromatic rings. The number of urea groups is 1. The monoisotopic (exact) mass is 299 g/mol. The van der Waals surface area contributed by atoms with Crippen LogP contribution in [0.25, 0.3) is 0 Å². The summed E-state index contributed by atoms with van der Waals surface area (Å²) >= 11 is 0. The molecule has 1 rings (SSSR count). The second-order valence-corrected chi connectivity index (χ2v) is 6.39. The fraction of sp³-hybridized carbons (Fsp3) is 0.786. The smallest absolute Gasteiger partial charge is 0.321 e. The van der Waals surface area contributed by atoms with Crippen LogP contribution in [0, 0.1) is 11.3 Å². The van der Waals surface area contributed by atoms with E-state index in [2.05, 4.69) is 15.5 Å². The van der Waals surface area contributed by atoms with Crippen molar-refractivity contribution in [2.75, 3.05) is 26.7 Å². The van der Waals surface area contributed by atoms with Crippen LogP contribution in [0.1, 0.15) is 33.1 Å². The van der Waals surface area contributed by atoms with Crippen molar-refractivity contribution in [2.45, 2.75) is 33.1 Å². The quantitative estimate of drug-likeness (QED) is 0.692. The molecule has 120 valence electrons. The molecule has 7 heteroatoms. The molecule has 1 saturated heterocycles. The molecule has 0 radical (unpaired) electrons. The molecule has 0 spiro atoms. The van der Waals surface area contributed by atoms with Crippen LogP contribution in [0.4, 0.5) is 4.79 Å². The SMILES string of the molecule is CN1CCCC(CNC(=O)NC(=O)CC(C)(C)C(=O)O)C1. The van der Waals surface area contributed by atoms with Gasteiger partial charge in [-0.15, -0.1) is 0 Å². The van der Waals surface area contributed by atoms with E-state index in [9.17, 15) is 14.4 Å². The minimum atomic E-state index is -1.18. The van der Waals surface area contributed by atoms with Crippen molar-refractivity contribution in [1.82, 2.24) is 15.5 Å². The molecule has 1 aliphatic heterocycles. The van der Waals surface area contributed by atoms with Crippen LogP contribution in [0.3, 0.4) is 0 Å². The number of piperidine rings is 1. The van der Waals surface area contributed by atoms with Crippen molar-refractivity contribution in [1.29, 1.82) is 0 Å². The summed E-state index contributed by atoms with van der Waals surface area (Å²) in [5, 5.41) is 13.8. The number of rotatable bonds is 5. The number of aliphatic carboxylic acids is 1. The van der Waals surface area contributed by atoms with E-state index < -0.39 is 23.3 Å². The average molecular weight is 299 g/mol. The molecule has 3 N–H and O–H groups in total. The summed E-state index contributed by atoms with van der Waals surface area (Å²) in [6.45, 7) is 5.42. The Morgan fingerprint density at radius 2 is 2.00 bits per heavy atom. The highest BCUT2D eigenvalue weighted by Gasteiger charge is 2.30. The number of carboxylic acids is 1. The molecule has 0 bridgehead atoms. The number of carbonyl (C=O) groups is 3. The molecular formula is C14H25N3O4. The molecule has 21 heavy (non-hydrogen) atoms. The van der Waals surface area contributed by atoms with Gasteiger partial charge in [0.05, 0.1) is 5.41 Å². The number of nitrogens with zero attached hydrogens (tertiary/aromatic N) is 1. The minimum Gasteiger partial charge on any atom is -0.481 e. The summed E-state index contributed by atoms with van der Waals surface area (Å²) in [7, 11) is 2.05. The molecule has 7 nitrogen and oxygen atoms in total. The fourth-order valence-electron chi connectivity index (χ4n) is 2.37. The van der Waals surface area contributed by atoms with E-state index in [0.717, 1.165) is 25.9 Å². The first kappa shape index (κ1) is 17.4. The first-order chi connectivity index (χ1) is 9.70. The Balaban J connectivity index is 2.30. The molecule has 3 amide bonds. The highest BCUT2D eigenvalue weighted by molar-refractivity contribution is 5.96. The topological polar surface area (TPSA) is 98.7 Å². The second-order valence-electron chi connectivity index (χ2n) is 6.39. The maximum atomic E-state index is 11.6. The second kappa shape index (κ2) is 7.40. The zero-order chi connectivity index (χ0) is 16.0. The molecule has 1 fully saturated rings. The molecule has 0 aliphatic carbocycles. The van der Waals surface area contributed by atoms with Crippen molar-refractivity contribution in [2.24, 2.45) is 11.3 Å². The molecule has 0 saturated carbocycles. The van der Waals surface area contributed by atoms with Gasteiger partial charge in [0.15, 0.2) is 0 Å². The minimum absolute atomic E-state index is 0.234. The lowest BCUT2D eigenvalue weighted by atomic mass is 9.89. The van der Waals surface area contributed by atoms with Crippen molar-refractivity contribution >= 4 is 17.9 Å². The fourth-order valence-corrected chi connectivity index (χ4v) is 2.37. The van der Waals surface area contributed by atoms with Gasteiger partial charge < -0.3 is 15.3 Å². The van der Waals surface area contributed by atoms with E-state index in [4.69, 9.17) is 5.11 Å². The molecule has 0 aromatic carbocycles. The maximum absolute atomic E-state index is 11.6. The summed E-state index contributed by atoms with van der Waals surface area (Å²) in [5.41, 5.74) is -1.18. The molecule has 1 heterocycles. The molecular weight excluding hydrogens is 274 g/mol. The van der Waals surface area contributed by atoms with Gasteiger partial charge in [0.25, 0.3) is 0 Å². The predicted octanol–water partition coefficient (Wildman–Crippen LogP) is 0.655. The van der Waals surface area contributed by atoms with Crippen molar-refractivity contribution < 1.29 is 19.5 Å². The summed E-state index contributed by atoms with van der Waals surface area (Å²) in [6.07, 6.45) is 1.93. The number of hydrogen-bond acceptors (Lipinski definition) is 4. The lowest BCUT2D eigenvalue weighted by molar-refractivity contribution is -0.149. The van der Waals surface area contributed by atoms with Gasteiger partial charge >= 0.3 is 12.0 Å². The van der Waals surface area contributed by atoms with E-state index in [1.165, 1.54) is 13.8 Å². The summed E-state index contributed by atoms with van der Waals surface area (Å²) in [5.74, 6) is -1.26. The van der Waals surface area contributed by atoms with E-state index >= 15 is 0 Å². The van der Waals surface area contributed by atoms with Crippen molar-refractivity contribution in [3.63, 3.8) is 0 Å². The standard InChI is InChI=1S/C14H25N3O4/c1-14(2,12(19)20)7-11(18)16-13(21)15-8-10-5-4-6-17(3)9-10/h10H,4-9H2,1-3H3,(H,19,20)(H2,15,16,18,21). The van der Waals surface area contributed by atoms with Crippen LogP contribution < -0.4 is 10.6 Å². The Hall–Kier alpha value is -1.63. The molecule has 0 aromatic heterocycles. The molecule has 1 atom stereocenters. The van der Waals surface area contributed by atoms with Crippen LogP contribution in [0.2, 0.25) is 0 Å². The maximum Gasteiger partial charge on any atom is 0.321 e. The van der Waals surface area contributed by atoms with Crippen LogP contribution in [0.5, 0.6) is 0 Å². The third-order valence-electron chi connectivity index (χ3n) is 3.71. The molecule has 1 unspecified atom stereocenters. The normalized spacial score (nSPS) is 19.9. The highest BCUT2D eigenvalue weighted by atomic mass is 16.4. The van der Waals surface area contributed by atoms with E-state index in [1.807, 2.05) is 7.05 Å². The lowest BCUT2D eigenvalue weighted by Crippen LogP contribution is -2.45. The van der Waals surface area contributed by atoms with E-state index in [0.29, 0.717) is 12.5 Å². The largest absolute Gasteiger partial charge is 0.481 e. The van der Waals surface area contributed by atoms with Crippen molar-refractivity contribution in [3.05, 3.63) is 0 Å². The Labute approximate surface area is 125 Å². The van der Waals surface area contributed by atoms with Gasteiger partial charge in [-0.05, 0) is 46.2 Å². The Morgan fingerprint density at radius 1 is 1.33 bits per heavy atom. The number of nitrogens with one attached hydrogen (secondary N) is 2. The first-order valence-electron chi connectivity index (χ1n) is 7.20.